The van der Waals surface area contributed by atoms with E-state index < -0.39 is 12.6 Å². The minimum Gasteiger partial charge on any atom is -0.352 e. The van der Waals surface area contributed by atoms with Gasteiger partial charge in [-0.3, -0.25) is 5.41 Å². The summed E-state index contributed by atoms with van der Waals surface area (Å²) in [5, 5.41) is 7.95. The van der Waals surface area contributed by atoms with Crippen LogP contribution in [-0.4, -0.2) is 23.5 Å². The average Bonchev–Trinajstić information content (AvgIpc) is 2.62. The highest BCUT2D eigenvalue weighted by Crippen LogP contribution is 2.25. The van der Waals surface area contributed by atoms with Crippen LogP contribution < -0.4 is 0 Å². The SMILES string of the molecule is N=C1c2ccccc2CN1CCCCC(F)(F)F. The van der Waals surface area contributed by atoms with Crippen molar-refractivity contribution in [1.82, 2.24) is 4.90 Å². The third kappa shape index (κ3) is 3.03. The molecule has 0 aliphatic carbocycles. The summed E-state index contributed by atoms with van der Waals surface area (Å²) in [5.74, 6) is 0.428. The van der Waals surface area contributed by atoms with E-state index >= 15 is 0 Å². The van der Waals surface area contributed by atoms with Crippen LogP contribution in [0.4, 0.5) is 13.2 Å². The van der Waals surface area contributed by atoms with Crippen molar-refractivity contribution >= 4 is 5.84 Å². The Kier molecular flexibility index (Phi) is 3.59. The first-order valence-corrected chi connectivity index (χ1v) is 5.96. The van der Waals surface area contributed by atoms with Crippen molar-refractivity contribution in [1.29, 1.82) is 5.41 Å². The zero-order valence-electron chi connectivity index (χ0n) is 9.93. The van der Waals surface area contributed by atoms with Crippen molar-refractivity contribution in [2.24, 2.45) is 0 Å². The Balaban J connectivity index is 1.82. The molecule has 1 aromatic carbocycles. The summed E-state index contributed by atoms with van der Waals surface area (Å²) in [5.41, 5.74) is 1.98. The second-order valence-electron chi connectivity index (χ2n) is 4.50. The van der Waals surface area contributed by atoms with Crippen molar-refractivity contribution in [2.45, 2.75) is 32.0 Å². The molecule has 98 valence electrons. The van der Waals surface area contributed by atoms with Crippen LogP contribution in [-0.2, 0) is 6.54 Å². The lowest BCUT2D eigenvalue weighted by Crippen LogP contribution is -2.25. The van der Waals surface area contributed by atoms with Gasteiger partial charge in [0.05, 0.1) is 0 Å². The number of alkyl halides is 3. The number of fused-ring (bicyclic) bond motifs is 1. The van der Waals surface area contributed by atoms with E-state index in [1.807, 2.05) is 29.2 Å². The Labute approximate surface area is 104 Å². The van der Waals surface area contributed by atoms with Gasteiger partial charge in [0, 0.05) is 25.1 Å². The lowest BCUT2D eigenvalue weighted by molar-refractivity contribution is -0.135. The maximum atomic E-state index is 12.0. The number of halogens is 3. The maximum absolute atomic E-state index is 12.0. The third-order valence-corrected chi connectivity index (χ3v) is 3.09. The molecule has 0 saturated carbocycles. The molecule has 1 N–H and O–H groups in total. The van der Waals surface area contributed by atoms with Crippen LogP contribution in [0, 0.1) is 5.41 Å². The minimum absolute atomic E-state index is 0.129. The first-order chi connectivity index (χ1) is 8.47. The monoisotopic (exact) mass is 256 g/mol. The number of unbranched alkanes of at least 4 members (excludes halogenated alkanes) is 1. The van der Waals surface area contributed by atoms with Gasteiger partial charge in [0.1, 0.15) is 5.84 Å². The lowest BCUT2D eigenvalue weighted by Gasteiger charge is -2.17. The standard InChI is InChI=1S/C13H15F3N2/c14-13(15,16)7-3-4-8-18-9-10-5-1-2-6-11(10)12(18)17/h1-2,5-6,17H,3-4,7-9H2. The third-order valence-electron chi connectivity index (χ3n) is 3.09. The highest BCUT2D eigenvalue weighted by Gasteiger charge is 2.27. The molecule has 5 heteroatoms. The quantitative estimate of drug-likeness (QED) is 0.819. The smallest absolute Gasteiger partial charge is 0.352 e. The number of nitrogens with one attached hydrogen (secondary N) is 1. The van der Waals surface area contributed by atoms with Gasteiger partial charge >= 0.3 is 6.18 Å². The van der Waals surface area contributed by atoms with Crippen molar-refractivity contribution in [3.8, 4) is 0 Å². The van der Waals surface area contributed by atoms with Gasteiger partial charge in [0.15, 0.2) is 0 Å². The Bertz CT molecular complexity index is 440. The summed E-state index contributed by atoms with van der Waals surface area (Å²) >= 11 is 0. The molecule has 1 heterocycles. The molecule has 2 nitrogen and oxygen atoms in total. The fourth-order valence-corrected chi connectivity index (χ4v) is 2.16. The normalized spacial score (nSPS) is 15.1. The molecule has 0 fully saturated rings. The number of hydrogen-bond acceptors (Lipinski definition) is 1. The number of benzene rings is 1. The van der Waals surface area contributed by atoms with E-state index in [0.29, 0.717) is 25.3 Å². The average molecular weight is 256 g/mol. The highest BCUT2D eigenvalue weighted by molar-refractivity contribution is 6.00. The van der Waals surface area contributed by atoms with E-state index in [4.69, 9.17) is 5.41 Å². The van der Waals surface area contributed by atoms with E-state index in [9.17, 15) is 13.2 Å². The van der Waals surface area contributed by atoms with Crippen LogP contribution in [0.3, 0.4) is 0 Å². The summed E-state index contributed by atoms with van der Waals surface area (Å²) in [4.78, 5) is 1.83. The molecule has 0 bridgehead atoms. The number of hydrogen-bond donors (Lipinski definition) is 1. The molecular weight excluding hydrogens is 241 g/mol. The fraction of sp³-hybridized carbons (Fsp3) is 0.462. The molecule has 0 aromatic heterocycles. The van der Waals surface area contributed by atoms with E-state index in [-0.39, 0.29) is 6.42 Å². The molecule has 1 aromatic rings. The second kappa shape index (κ2) is 5.00. The molecule has 0 saturated heterocycles. The zero-order chi connectivity index (χ0) is 13.2. The Morgan fingerprint density at radius 1 is 1.17 bits per heavy atom. The van der Waals surface area contributed by atoms with Crippen LogP contribution in [0.25, 0.3) is 0 Å². The summed E-state index contributed by atoms with van der Waals surface area (Å²) in [7, 11) is 0. The van der Waals surface area contributed by atoms with Gasteiger partial charge in [-0.25, -0.2) is 0 Å². The number of amidine groups is 1. The van der Waals surface area contributed by atoms with Crippen LogP contribution >= 0.6 is 0 Å². The van der Waals surface area contributed by atoms with Crippen molar-refractivity contribution in [2.75, 3.05) is 6.54 Å². The van der Waals surface area contributed by atoms with Crippen LogP contribution in [0.5, 0.6) is 0 Å². The maximum Gasteiger partial charge on any atom is 0.389 e. The van der Waals surface area contributed by atoms with E-state index in [1.165, 1.54) is 0 Å². The van der Waals surface area contributed by atoms with E-state index in [2.05, 4.69) is 0 Å². The Morgan fingerprint density at radius 3 is 2.56 bits per heavy atom. The van der Waals surface area contributed by atoms with Gasteiger partial charge in [0.2, 0.25) is 0 Å². The van der Waals surface area contributed by atoms with Gasteiger partial charge in [0.25, 0.3) is 0 Å². The molecular formula is C13H15F3N2. The first kappa shape index (κ1) is 12.9. The molecule has 0 atom stereocenters. The predicted molar refractivity (Wildman–Crippen MR) is 63.6 cm³/mol. The Hall–Kier alpha value is -1.52. The Morgan fingerprint density at radius 2 is 1.89 bits per heavy atom. The minimum atomic E-state index is -4.07. The van der Waals surface area contributed by atoms with Crippen LogP contribution in [0.15, 0.2) is 24.3 Å². The number of nitrogens with zero attached hydrogens (tertiary/aromatic N) is 1. The molecule has 1 aliphatic rings. The van der Waals surface area contributed by atoms with Crippen molar-refractivity contribution in [3.05, 3.63) is 35.4 Å². The summed E-state index contributed by atoms with van der Waals surface area (Å²) in [6, 6.07) is 7.63. The van der Waals surface area contributed by atoms with Crippen molar-refractivity contribution < 1.29 is 13.2 Å². The molecule has 0 radical (unpaired) electrons. The van der Waals surface area contributed by atoms with Gasteiger partial charge in [-0.1, -0.05) is 24.3 Å². The molecule has 18 heavy (non-hydrogen) atoms. The van der Waals surface area contributed by atoms with Gasteiger partial charge < -0.3 is 4.90 Å². The summed E-state index contributed by atoms with van der Waals surface area (Å²) < 4.78 is 36.0. The van der Waals surface area contributed by atoms with Gasteiger partial charge in [-0.15, -0.1) is 0 Å². The molecule has 2 rings (SSSR count). The summed E-state index contributed by atoms with van der Waals surface area (Å²) in [6.07, 6.45) is -4.21. The van der Waals surface area contributed by atoms with Gasteiger partial charge in [-0.2, -0.15) is 13.2 Å². The topological polar surface area (TPSA) is 27.1 Å². The van der Waals surface area contributed by atoms with Crippen LogP contribution in [0.1, 0.15) is 30.4 Å². The van der Waals surface area contributed by atoms with Gasteiger partial charge in [-0.05, 0) is 18.4 Å². The van der Waals surface area contributed by atoms with Crippen molar-refractivity contribution in [3.63, 3.8) is 0 Å². The highest BCUT2D eigenvalue weighted by atomic mass is 19.4. The number of rotatable bonds is 4. The molecule has 0 spiro atoms. The lowest BCUT2D eigenvalue weighted by atomic mass is 10.1. The van der Waals surface area contributed by atoms with E-state index in [1.54, 1.807) is 0 Å². The largest absolute Gasteiger partial charge is 0.389 e. The fourth-order valence-electron chi connectivity index (χ4n) is 2.16. The second-order valence-corrected chi connectivity index (χ2v) is 4.50. The summed E-state index contributed by atoms with van der Waals surface area (Å²) in [6.45, 7) is 1.16. The first-order valence-electron chi connectivity index (χ1n) is 5.96. The van der Waals surface area contributed by atoms with E-state index in [0.717, 1.165) is 11.1 Å². The van der Waals surface area contributed by atoms with Crippen LogP contribution in [0.2, 0.25) is 0 Å². The molecule has 0 unspecified atom stereocenters. The molecule has 0 amide bonds. The molecule has 1 aliphatic heterocycles. The predicted octanol–water partition coefficient (Wildman–Crippen LogP) is 3.56. The zero-order valence-corrected chi connectivity index (χ0v) is 9.93.